The van der Waals surface area contributed by atoms with E-state index in [1.165, 1.54) is 0 Å². The Labute approximate surface area is 107 Å². The fourth-order valence-corrected chi connectivity index (χ4v) is 2.11. The molecule has 1 aromatic rings. The third-order valence-electron chi connectivity index (χ3n) is 3.06. The van der Waals surface area contributed by atoms with Crippen LogP contribution in [0, 0.1) is 0 Å². The van der Waals surface area contributed by atoms with Gasteiger partial charge in [-0.1, -0.05) is 0 Å². The lowest BCUT2D eigenvalue weighted by Gasteiger charge is -2.24. The highest BCUT2D eigenvalue weighted by Crippen LogP contribution is 2.06. The van der Waals surface area contributed by atoms with Gasteiger partial charge in [0.25, 0.3) is 0 Å². The van der Waals surface area contributed by atoms with Crippen molar-refractivity contribution < 1.29 is 13.9 Å². The number of furan rings is 1. The molecule has 0 spiro atoms. The minimum atomic E-state index is -0.0992. The number of hydrogen-bond donors (Lipinski definition) is 2. The van der Waals surface area contributed by atoms with Crippen molar-refractivity contribution in [3.05, 3.63) is 24.2 Å². The van der Waals surface area contributed by atoms with Crippen LogP contribution in [0.1, 0.15) is 25.3 Å². The molecule has 1 aromatic heterocycles. The van der Waals surface area contributed by atoms with E-state index in [0.29, 0.717) is 0 Å². The second kappa shape index (κ2) is 6.44. The summed E-state index contributed by atoms with van der Waals surface area (Å²) in [6, 6.07) is 2.13. The number of ether oxygens (including phenoxy) is 1. The van der Waals surface area contributed by atoms with Gasteiger partial charge < -0.3 is 19.8 Å². The lowest BCUT2D eigenvalue weighted by atomic mass is 10.1. The number of carbonyl (C=O) groups is 1. The average Bonchev–Trinajstić information content (AvgIpc) is 2.82. The van der Waals surface area contributed by atoms with Crippen LogP contribution in [0.3, 0.4) is 0 Å². The largest absolute Gasteiger partial charge is 0.472 e. The van der Waals surface area contributed by atoms with E-state index in [0.717, 1.165) is 38.0 Å². The van der Waals surface area contributed by atoms with Crippen molar-refractivity contribution >= 4 is 6.03 Å². The number of hydrogen-bond acceptors (Lipinski definition) is 3. The number of urea groups is 1. The van der Waals surface area contributed by atoms with Crippen LogP contribution in [0.15, 0.2) is 23.0 Å². The molecule has 2 N–H and O–H groups in total. The van der Waals surface area contributed by atoms with Crippen molar-refractivity contribution in [2.45, 2.75) is 38.3 Å². The topological polar surface area (TPSA) is 63.5 Å². The first kappa shape index (κ1) is 13.0. The molecule has 1 aliphatic rings. The number of carbonyl (C=O) groups excluding carboxylic acids is 1. The Balaban J connectivity index is 1.69. The molecule has 0 bridgehead atoms. The maximum atomic E-state index is 11.8. The molecule has 1 fully saturated rings. The first-order valence-electron chi connectivity index (χ1n) is 6.40. The molecule has 5 nitrogen and oxygen atoms in total. The fraction of sp³-hybridized carbons (Fsp3) is 0.615. The Morgan fingerprint density at radius 1 is 1.50 bits per heavy atom. The lowest BCUT2D eigenvalue weighted by Crippen LogP contribution is -2.47. The third-order valence-corrected chi connectivity index (χ3v) is 3.06. The summed E-state index contributed by atoms with van der Waals surface area (Å²) in [7, 11) is 0. The van der Waals surface area contributed by atoms with Crippen molar-refractivity contribution in [1.29, 1.82) is 0 Å². The summed E-state index contributed by atoms with van der Waals surface area (Å²) in [6.07, 6.45) is 5.91. The summed E-state index contributed by atoms with van der Waals surface area (Å²) >= 11 is 0. The predicted molar refractivity (Wildman–Crippen MR) is 67.4 cm³/mol. The Morgan fingerprint density at radius 2 is 2.28 bits per heavy atom. The monoisotopic (exact) mass is 252 g/mol. The molecule has 1 aliphatic heterocycles. The summed E-state index contributed by atoms with van der Waals surface area (Å²) in [5.74, 6) is 0. The molecule has 2 amide bonds. The average molecular weight is 252 g/mol. The van der Waals surface area contributed by atoms with Gasteiger partial charge >= 0.3 is 6.03 Å². The van der Waals surface area contributed by atoms with Crippen LogP contribution < -0.4 is 10.6 Å². The molecule has 2 heterocycles. The van der Waals surface area contributed by atoms with E-state index in [1.807, 2.05) is 13.0 Å². The zero-order valence-electron chi connectivity index (χ0n) is 10.6. The predicted octanol–water partition coefficient (Wildman–Crippen LogP) is 1.69. The van der Waals surface area contributed by atoms with Gasteiger partial charge in [0.05, 0.1) is 12.5 Å². The minimum Gasteiger partial charge on any atom is -0.472 e. The first-order valence-corrected chi connectivity index (χ1v) is 6.40. The van der Waals surface area contributed by atoms with Gasteiger partial charge in [-0.3, -0.25) is 0 Å². The maximum absolute atomic E-state index is 11.8. The number of rotatable bonds is 4. The van der Waals surface area contributed by atoms with E-state index in [4.69, 9.17) is 9.15 Å². The van der Waals surface area contributed by atoms with Crippen LogP contribution in [0.25, 0.3) is 0 Å². The standard InChI is InChI=1S/C13H20N2O3/c1-10(8-11-2-5-18-9-11)14-13(16)15-12-3-6-17-7-4-12/h2,5,9-10,12H,3-4,6-8H2,1H3,(H2,14,15,16)/t10-/m1/s1. The van der Waals surface area contributed by atoms with Crippen molar-refractivity contribution in [1.82, 2.24) is 10.6 Å². The van der Waals surface area contributed by atoms with E-state index in [-0.39, 0.29) is 18.1 Å². The second-order valence-electron chi connectivity index (χ2n) is 4.74. The molecule has 2 rings (SSSR count). The quantitative estimate of drug-likeness (QED) is 0.857. The molecule has 5 heteroatoms. The van der Waals surface area contributed by atoms with Crippen LogP contribution in [-0.4, -0.2) is 31.3 Å². The molecule has 1 atom stereocenters. The van der Waals surface area contributed by atoms with Gasteiger partial charge in [-0.15, -0.1) is 0 Å². The zero-order valence-corrected chi connectivity index (χ0v) is 10.6. The number of amides is 2. The molecule has 1 saturated heterocycles. The highest BCUT2D eigenvalue weighted by molar-refractivity contribution is 5.74. The maximum Gasteiger partial charge on any atom is 0.315 e. The van der Waals surface area contributed by atoms with Gasteiger partial charge in [0.2, 0.25) is 0 Å². The molecule has 0 unspecified atom stereocenters. The van der Waals surface area contributed by atoms with Crippen LogP contribution in [0.4, 0.5) is 4.79 Å². The molecule has 18 heavy (non-hydrogen) atoms. The second-order valence-corrected chi connectivity index (χ2v) is 4.74. The summed E-state index contributed by atoms with van der Waals surface area (Å²) in [6.45, 7) is 3.45. The summed E-state index contributed by atoms with van der Waals surface area (Å²) < 4.78 is 10.3. The Kier molecular flexibility index (Phi) is 4.64. The minimum absolute atomic E-state index is 0.0856. The SMILES string of the molecule is C[C@H](Cc1ccoc1)NC(=O)NC1CCOCC1. The van der Waals surface area contributed by atoms with Gasteiger partial charge in [-0.05, 0) is 37.8 Å². The van der Waals surface area contributed by atoms with Gasteiger partial charge in [0.15, 0.2) is 0 Å². The molecule has 0 aromatic carbocycles. The van der Waals surface area contributed by atoms with E-state index >= 15 is 0 Å². The van der Waals surface area contributed by atoms with Crippen molar-refractivity contribution in [3.8, 4) is 0 Å². The van der Waals surface area contributed by atoms with Gasteiger partial charge in [0, 0.05) is 25.3 Å². The Hall–Kier alpha value is -1.49. The normalized spacial score (nSPS) is 18.3. The van der Waals surface area contributed by atoms with Crippen LogP contribution in [-0.2, 0) is 11.2 Å². The van der Waals surface area contributed by atoms with Gasteiger partial charge in [-0.25, -0.2) is 4.79 Å². The van der Waals surface area contributed by atoms with E-state index in [1.54, 1.807) is 12.5 Å². The molecule has 0 radical (unpaired) electrons. The van der Waals surface area contributed by atoms with E-state index in [9.17, 15) is 4.79 Å². The number of nitrogens with one attached hydrogen (secondary N) is 2. The summed E-state index contributed by atoms with van der Waals surface area (Å²) in [5.41, 5.74) is 1.09. The summed E-state index contributed by atoms with van der Waals surface area (Å²) in [4.78, 5) is 11.8. The first-order chi connectivity index (χ1) is 8.74. The molecule has 100 valence electrons. The zero-order chi connectivity index (χ0) is 12.8. The molecule has 0 aliphatic carbocycles. The Bertz CT molecular complexity index is 358. The molecule has 0 saturated carbocycles. The fourth-order valence-electron chi connectivity index (χ4n) is 2.11. The van der Waals surface area contributed by atoms with Crippen molar-refractivity contribution in [3.63, 3.8) is 0 Å². The van der Waals surface area contributed by atoms with Crippen LogP contribution >= 0.6 is 0 Å². The lowest BCUT2D eigenvalue weighted by molar-refractivity contribution is 0.0800. The van der Waals surface area contributed by atoms with E-state index in [2.05, 4.69) is 10.6 Å². The van der Waals surface area contributed by atoms with Gasteiger partial charge in [-0.2, -0.15) is 0 Å². The molecular weight excluding hydrogens is 232 g/mol. The molecular formula is C13H20N2O3. The van der Waals surface area contributed by atoms with Gasteiger partial charge in [0.1, 0.15) is 0 Å². The highest BCUT2D eigenvalue weighted by Gasteiger charge is 2.17. The van der Waals surface area contributed by atoms with Crippen molar-refractivity contribution in [2.24, 2.45) is 0 Å². The third kappa shape index (κ3) is 4.07. The smallest absolute Gasteiger partial charge is 0.315 e. The van der Waals surface area contributed by atoms with E-state index < -0.39 is 0 Å². The summed E-state index contributed by atoms with van der Waals surface area (Å²) in [5, 5.41) is 5.91. The van der Waals surface area contributed by atoms with Crippen molar-refractivity contribution in [2.75, 3.05) is 13.2 Å². The van der Waals surface area contributed by atoms with Crippen LogP contribution in [0.2, 0.25) is 0 Å². The highest BCUT2D eigenvalue weighted by atomic mass is 16.5. The Morgan fingerprint density at radius 3 is 2.94 bits per heavy atom. The van der Waals surface area contributed by atoms with Crippen LogP contribution in [0.5, 0.6) is 0 Å².